The van der Waals surface area contributed by atoms with Crippen molar-refractivity contribution in [1.29, 1.82) is 0 Å². The lowest BCUT2D eigenvalue weighted by molar-refractivity contribution is 0.417. The number of H-pyrrole nitrogens is 1. The Morgan fingerprint density at radius 1 is 1.21 bits per heavy atom. The number of fused-ring (bicyclic) bond motifs is 1. The first-order valence-electron chi connectivity index (χ1n) is 10.6. The maximum atomic E-state index is 13.7. The second-order valence-corrected chi connectivity index (χ2v) is 9.33. The number of nitrogens with one attached hydrogen (secondary N) is 1. The molecule has 0 radical (unpaired) electrons. The van der Waals surface area contributed by atoms with Gasteiger partial charge in [-0.1, -0.05) is 0 Å². The molecular formula is C21H22FN7O4S. The van der Waals surface area contributed by atoms with E-state index in [1.165, 1.54) is 29.1 Å². The maximum Gasteiger partial charge on any atom is 0.332 e. The maximum absolute atomic E-state index is 13.7. The summed E-state index contributed by atoms with van der Waals surface area (Å²) in [6.07, 6.45) is 7.19. The van der Waals surface area contributed by atoms with E-state index in [4.69, 9.17) is 0 Å². The third-order valence-electron chi connectivity index (χ3n) is 6.12. The van der Waals surface area contributed by atoms with Crippen molar-refractivity contribution in [3.63, 3.8) is 0 Å². The van der Waals surface area contributed by atoms with Crippen molar-refractivity contribution in [3.8, 4) is 0 Å². The fourth-order valence-corrected chi connectivity index (χ4v) is 5.11. The van der Waals surface area contributed by atoms with Gasteiger partial charge in [0.1, 0.15) is 6.67 Å². The van der Waals surface area contributed by atoms with Crippen LogP contribution >= 0.6 is 0 Å². The third kappa shape index (κ3) is 3.71. The Bertz CT molecular complexity index is 1560. The van der Waals surface area contributed by atoms with Crippen molar-refractivity contribution < 1.29 is 12.8 Å². The Hall–Kier alpha value is -3.74. The summed E-state index contributed by atoms with van der Waals surface area (Å²) in [4.78, 5) is 33.9. The second-order valence-electron chi connectivity index (χ2n) is 8.45. The standard InChI is InChI=1S/C21H22FN7O4S/c1-26-9-14(7-25-26)10-28-19(30)17-6-16(29(34(32)33)21(12-22)4-5-21)2-3-18(17)27(20(28)31)11-15-8-23-13-24-15/h2-3,6-9,13,34H,4-5,10-12H2,1H3,(H,23,24). The number of anilines is 1. The zero-order chi connectivity index (χ0) is 24.0. The topological polar surface area (TPSA) is 128 Å². The number of alkyl halides is 1. The van der Waals surface area contributed by atoms with E-state index in [1.54, 1.807) is 30.3 Å². The molecule has 4 aromatic rings. The Balaban J connectivity index is 1.72. The van der Waals surface area contributed by atoms with Gasteiger partial charge in [-0.15, -0.1) is 0 Å². The predicted octanol–water partition coefficient (Wildman–Crippen LogP) is 0.551. The fraction of sp³-hybridized carbons (Fsp3) is 0.333. The first kappa shape index (κ1) is 22.1. The lowest BCUT2D eigenvalue weighted by Crippen LogP contribution is -2.41. The normalized spacial score (nSPS) is 14.7. The molecule has 13 heteroatoms. The largest absolute Gasteiger partial charge is 0.351 e. The first-order chi connectivity index (χ1) is 16.3. The van der Waals surface area contributed by atoms with Gasteiger partial charge < -0.3 is 4.98 Å². The summed E-state index contributed by atoms with van der Waals surface area (Å²) in [5.74, 6) is 0. The van der Waals surface area contributed by atoms with E-state index >= 15 is 0 Å². The highest BCUT2D eigenvalue weighted by molar-refractivity contribution is 7.74. The molecule has 1 fully saturated rings. The number of benzene rings is 1. The average Bonchev–Trinajstić information content (AvgIpc) is 3.20. The van der Waals surface area contributed by atoms with Crippen LogP contribution in [0.5, 0.6) is 0 Å². The molecule has 178 valence electrons. The van der Waals surface area contributed by atoms with E-state index in [1.807, 2.05) is 0 Å². The van der Waals surface area contributed by atoms with Crippen molar-refractivity contribution in [2.75, 3.05) is 11.0 Å². The number of hydrogen-bond acceptors (Lipinski definition) is 6. The van der Waals surface area contributed by atoms with Crippen LogP contribution in [0.15, 0.2) is 52.7 Å². The molecule has 1 aliphatic rings. The molecule has 0 saturated heterocycles. The van der Waals surface area contributed by atoms with Crippen molar-refractivity contribution in [3.05, 3.63) is 75.2 Å². The fourth-order valence-electron chi connectivity index (χ4n) is 4.20. The number of aromatic nitrogens is 6. The Morgan fingerprint density at radius 3 is 2.59 bits per heavy atom. The van der Waals surface area contributed by atoms with Crippen LogP contribution in [0.25, 0.3) is 10.9 Å². The number of nitrogens with zero attached hydrogens (tertiary/aromatic N) is 6. The minimum absolute atomic E-state index is 0.0137. The zero-order valence-corrected chi connectivity index (χ0v) is 19.1. The van der Waals surface area contributed by atoms with E-state index in [0.717, 1.165) is 8.87 Å². The molecule has 34 heavy (non-hydrogen) atoms. The van der Waals surface area contributed by atoms with E-state index in [-0.39, 0.29) is 24.2 Å². The minimum Gasteiger partial charge on any atom is -0.351 e. The van der Waals surface area contributed by atoms with Gasteiger partial charge in [0.25, 0.3) is 5.56 Å². The lowest BCUT2D eigenvalue weighted by atomic mass is 10.2. The number of aromatic amines is 1. The van der Waals surface area contributed by atoms with Gasteiger partial charge in [0.2, 0.25) is 10.9 Å². The molecule has 3 aromatic heterocycles. The number of hydrogen-bond donors (Lipinski definition) is 2. The van der Waals surface area contributed by atoms with Gasteiger partial charge in [0.05, 0.1) is 53.4 Å². The van der Waals surface area contributed by atoms with Gasteiger partial charge >= 0.3 is 5.69 Å². The van der Waals surface area contributed by atoms with Crippen LogP contribution in [0.3, 0.4) is 0 Å². The number of aryl methyl sites for hydroxylation is 1. The molecule has 0 amide bonds. The molecule has 1 N–H and O–H groups in total. The van der Waals surface area contributed by atoms with Crippen molar-refractivity contribution in [2.24, 2.45) is 7.05 Å². The van der Waals surface area contributed by atoms with Gasteiger partial charge in [-0.3, -0.25) is 22.9 Å². The highest BCUT2D eigenvalue weighted by atomic mass is 32.2. The summed E-state index contributed by atoms with van der Waals surface area (Å²) in [7, 11) is -1.41. The van der Waals surface area contributed by atoms with Gasteiger partial charge in [0, 0.05) is 25.0 Å². The SMILES string of the molecule is Cn1cc(Cn2c(=O)c3cc(N([SH](=O)=O)C4(CF)CC4)ccc3n(Cc3c[nH]cn3)c2=O)cn1. The molecule has 1 aliphatic carbocycles. The molecule has 1 saturated carbocycles. The number of imidazole rings is 1. The van der Waals surface area contributed by atoms with Crippen LogP contribution in [0.1, 0.15) is 24.1 Å². The van der Waals surface area contributed by atoms with Crippen LogP contribution in [0.4, 0.5) is 10.1 Å². The summed E-state index contributed by atoms with van der Waals surface area (Å²) in [5.41, 5.74) is -0.466. The summed E-state index contributed by atoms with van der Waals surface area (Å²) in [5, 5.41) is 4.23. The molecule has 0 spiro atoms. The molecule has 5 rings (SSSR count). The minimum atomic E-state index is -3.14. The predicted molar refractivity (Wildman–Crippen MR) is 123 cm³/mol. The second kappa shape index (κ2) is 8.24. The molecular weight excluding hydrogens is 465 g/mol. The van der Waals surface area contributed by atoms with Crippen molar-refractivity contribution in [2.45, 2.75) is 31.5 Å². The molecule has 0 atom stereocenters. The van der Waals surface area contributed by atoms with Gasteiger partial charge in [-0.25, -0.2) is 22.6 Å². The van der Waals surface area contributed by atoms with Crippen LogP contribution in [-0.4, -0.2) is 49.5 Å². The molecule has 0 unspecified atom stereocenters. The van der Waals surface area contributed by atoms with Crippen molar-refractivity contribution >= 4 is 27.5 Å². The first-order valence-corrected chi connectivity index (χ1v) is 11.7. The Labute approximate surface area is 194 Å². The van der Waals surface area contributed by atoms with Crippen molar-refractivity contribution in [1.82, 2.24) is 28.9 Å². The van der Waals surface area contributed by atoms with Crippen LogP contribution in [0, 0.1) is 0 Å². The zero-order valence-electron chi connectivity index (χ0n) is 18.2. The van der Waals surface area contributed by atoms with Crippen LogP contribution in [-0.2, 0) is 31.0 Å². The van der Waals surface area contributed by atoms with Crippen LogP contribution in [0.2, 0.25) is 0 Å². The quantitative estimate of drug-likeness (QED) is 0.350. The Morgan fingerprint density at radius 2 is 2.00 bits per heavy atom. The van der Waals surface area contributed by atoms with E-state index in [9.17, 15) is 22.4 Å². The summed E-state index contributed by atoms with van der Waals surface area (Å²) < 4.78 is 42.9. The third-order valence-corrected chi connectivity index (χ3v) is 7.10. The molecule has 0 bridgehead atoms. The molecule has 0 aliphatic heterocycles. The van der Waals surface area contributed by atoms with Crippen LogP contribution < -0.4 is 15.6 Å². The van der Waals surface area contributed by atoms with Gasteiger partial charge in [-0.05, 0) is 31.0 Å². The lowest BCUT2D eigenvalue weighted by Gasteiger charge is -2.26. The van der Waals surface area contributed by atoms with Gasteiger partial charge in [0.15, 0.2) is 0 Å². The summed E-state index contributed by atoms with van der Waals surface area (Å²) >= 11 is 0. The van der Waals surface area contributed by atoms with E-state index in [2.05, 4.69) is 15.1 Å². The van der Waals surface area contributed by atoms with E-state index in [0.29, 0.717) is 29.6 Å². The Kier molecular flexibility index (Phi) is 5.35. The molecule has 3 heterocycles. The highest BCUT2D eigenvalue weighted by Crippen LogP contribution is 2.45. The average molecular weight is 488 g/mol. The smallest absolute Gasteiger partial charge is 0.332 e. The monoisotopic (exact) mass is 487 g/mol. The van der Waals surface area contributed by atoms with Gasteiger partial charge in [-0.2, -0.15) is 5.10 Å². The number of rotatable bonds is 8. The highest BCUT2D eigenvalue weighted by Gasteiger charge is 2.50. The molecule has 1 aromatic carbocycles. The molecule has 11 nitrogen and oxygen atoms in total. The number of thiol groups is 1. The summed E-state index contributed by atoms with van der Waals surface area (Å²) in [6, 6.07) is 4.43. The van der Waals surface area contributed by atoms with E-state index < -0.39 is 34.4 Å². The summed E-state index contributed by atoms with van der Waals surface area (Å²) in [6.45, 7) is -0.738. The number of halogens is 1.